The Morgan fingerprint density at radius 2 is 1.76 bits per heavy atom. The molecule has 2 aromatic rings. The number of halogens is 2. The van der Waals surface area contributed by atoms with Gasteiger partial charge in [-0.1, -0.05) is 37.0 Å². The normalized spacial score (nSPS) is 12.2. The molecule has 178 valence electrons. The zero-order valence-electron chi connectivity index (χ0n) is 19.3. The van der Waals surface area contributed by atoms with Gasteiger partial charge in [-0.3, -0.25) is 9.59 Å². The van der Waals surface area contributed by atoms with E-state index in [4.69, 9.17) is 32.7 Å². The van der Waals surface area contributed by atoms with Crippen molar-refractivity contribution in [3.05, 3.63) is 57.6 Å². The van der Waals surface area contributed by atoms with Gasteiger partial charge in [-0.2, -0.15) is 5.10 Å². The lowest BCUT2D eigenvalue weighted by atomic mass is 10.0. The summed E-state index contributed by atoms with van der Waals surface area (Å²) in [5.74, 6) is 0.172. The van der Waals surface area contributed by atoms with Gasteiger partial charge in [-0.15, -0.1) is 0 Å². The molecule has 2 N–H and O–H groups in total. The van der Waals surface area contributed by atoms with E-state index in [1.54, 1.807) is 18.2 Å². The van der Waals surface area contributed by atoms with E-state index < -0.39 is 17.9 Å². The van der Waals surface area contributed by atoms with E-state index in [0.29, 0.717) is 28.7 Å². The number of carbonyl (C=O) groups is 2. The first kappa shape index (κ1) is 26.5. The fourth-order valence-electron chi connectivity index (χ4n) is 2.86. The van der Waals surface area contributed by atoms with Crippen molar-refractivity contribution in [2.75, 3.05) is 6.61 Å². The van der Waals surface area contributed by atoms with Crippen LogP contribution < -0.4 is 20.2 Å². The van der Waals surface area contributed by atoms with E-state index in [0.717, 1.165) is 5.56 Å². The maximum absolute atomic E-state index is 12.7. The number of nitrogens with zero attached hydrogens (tertiary/aromatic N) is 1. The van der Waals surface area contributed by atoms with Gasteiger partial charge in [0, 0.05) is 5.56 Å². The second-order valence-electron chi connectivity index (χ2n) is 7.86. The molecule has 0 saturated carbocycles. The minimum absolute atomic E-state index is 0.00934. The number of amides is 2. The Labute approximate surface area is 204 Å². The van der Waals surface area contributed by atoms with Gasteiger partial charge in [0.15, 0.2) is 11.5 Å². The highest BCUT2D eigenvalue weighted by atomic mass is 35.5. The highest BCUT2D eigenvalue weighted by Crippen LogP contribution is 2.29. The summed E-state index contributed by atoms with van der Waals surface area (Å²) in [7, 11) is 0. The van der Waals surface area contributed by atoms with Crippen LogP contribution in [0.5, 0.6) is 11.5 Å². The fourth-order valence-corrected chi connectivity index (χ4v) is 3.16. The Kier molecular flexibility index (Phi) is 10.0. The monoisotopic (exact) mass is 493 g/mol. The molecular formula is C24H29Cl2N3O4. The van der Waals surface area contributed by atoms with Crippen LogP contribution in [-0.4, -0.2) is 36.8 Å². The van der Waals surface area contributed by atoms with Gasteiger partial charge in [0.2, 0.25) is 0 Å². The molecular weight excluding hydrogens is 465 g/mol. The molecule has 0 heterocycles. The first-order valence-corrected chi connectivity index (χ1v) is 11.4. The summed E-state index contributed by atoms with van der Waals surface area (Å²) < 4.78 is 11.4. The highest BCUT2D eigenvalue weighted by Gasteiger charge is 2.24. The molecule has 2 aromatic carbocycles. The molecule has 0 radical (unpaired) electrons. The van der Waals surface area contributed by atoms with Crippen molar-refractivity contribution >= 4 is 41.2 Å². The average molecular weight is 494 g/mol. The quantitative estimate of drug-likeness (QED) is 0.356. The topological polar surface area (TPSA) is 89.0 Å². The molecule has 0 aliphatic carbocycles. The van der Waals surface area contributed by atoms with Gasteiger partial charge < -0.3 is 14.8 Å². The van der Waals surface area contributed by atoms with Gasteiger partial charge in [0.25, 0.3) is 11.8 Å². The third-order valence-corrected chi connectivity index (χ3v) is 5.18. The molecule has 0 saturated heterocycles. The standard InChI is InChI=1S/C24H29Cl2N3O4/c1-6-32-21-11-16(7-10-20(21)33-15(4)5)13-27-29-24(31)22(14(2)3)28-23(30)17-8-9-18(25)19(26)12-17/h7-15,22H,6H2,1-5H3,(H,28,30)(H,29,31)/b27-13+. The molecule has 7 nitrogen and oxygen atoms in total. The van der Waals surface area contributed by atoms with Crippen molar-refractivity contribution in [1.82, 2.24) is 10.7 Å². The molecule has 0 aromatic heterocycles. The van der Waals surface area contributed by atoms with Crippen LogP contribution in [0.25, 0.3) is 0 Å². The molecule has 1 unspecified atom stereocenters. The van der Waals surface area contributed by atoms with Crippen molar-refractivity contribution in [2.24, 2.45) is 11.0 Å². The maximum Gasteiger partial charge on any atom is 0.262 e. The minimum atomic E-state index is -0.801. The van der Waals surface area contributed by atoms with Crippen molar-refractivity contribution in [2.45, 2.75) is 46.8 Å². The van der Waals surface area contributed by atoms with Gasteiger partial charge in [0.05, 0.1) is 29.0 Å². The SMILES string of the molecule is CCOc1cc(/C=N/NC(=O)C(NC(=O)c2ccc(Cl)c(Cl)c2)C(C)C)ccc1OC(C)C. The Morgan fingerprint density at radius 1 is 1.03 bits per heavy atom. The molecule has 0 aliphatic heterocycles. The van der Waals surface area contributed by atoms with E-state index in [1.807, 2.05) is 40.7 Å². The summed E-state index contributed by atoms with van der Waals surface area (Å²) in [5, 5.41) is 7.35. The molecule has 2 rings (SSSR count). The van der Waals surface area contributed by atoms with Gasteiger partial charge in [0.1, 0.15) is 6.04 Å². The van der Waals surface area contributed by atoms with Crippen LogP contribution in [0.1, 0.15) is 50.5 Å². The summed E-state index contributed by atoms with van der Waals surface area (Å²) in [4.78, 5) is 25.2. The number of rotatable bonds is 10. The van der Waals surface area contributed by atoms with E-state index >= 15 is 0 Å². The number of hydrogen-bond acceptors (Lipinski definition) is 5. The Hall–Kier alpha value is -2.77. The average Bonchev–Trinajstić information content (AvgIpc) is 2.75. The van der Waals surface area contributed by atoms with Crippen LogP contribution >= 0.6 is 23.2 Å². The van der Waals surface area contributed by atoms with E-state index in [2.05, 4.69) is 15.8 Å². The second kappa shape index (κ2) is 12.5. The molecule has 9 heteroatoms. The molecule has 33 heavy (non-hydrogen) atoms. The van der Waals surface area contributed by atoms with Crippen molar-refractivity contribution in [1.29, 1.82) is 0 Å². The van der Waals surface area contributed by atoms with Crippen LogP contribution in [0.2, 0.25) is 10.0 Å². The van der Waals surface area contributed by atoms with Crippen LogP contribution in [0.15, 0.2) is 41.5 Å². The third kappa shape index (κ3) is 7.94. The van der Waals surface area contributed by atoms with Crippen LogP contribution in [-0.2, 0) is 4.79 Å². The largest absolute Gasteiger partial charge is 0.490 e. The molecule has 0 aliphatic rings. The first-order chi connectivity index (χ1) is 15.6. The minimum Gasteiger partial charge on any atom is -0.490 e. The summed E-state index contributed by atoms with van der Waals surface area (Å²) in [5.41, 5.74) is 3.51. The Morgan fingerprint density at radius 3 is 2.36 bits per heavy atom. The lowest BCUT2D eigenvalue weighted by Gasteiger charge is -2.20. The lowest BCUT2D eigenvalue weighted by molar-refractivity contribution is -0.123. The number of carbonyl (C=O) groups excluding carboxylic acids is 2. The Bertz CT molecular complexity index is 1010. The van der Waals surface area contributed by atoms with Crippen LogP contribution in [0.3, 0.4) is 0 Å². The number of benzene rings is 2. The molecule has 0 bridgehead atoms. The summed E-state index contributed by atoms with van der Waals surface area (Å²) in [6, 6.07) is 9.11. The lowest BCUT2D eigenvalue weighted by Crippen LogP contribution is -2.48. The zero-order chi connectivity index (χ0) is 24.5. The van der Waals surface area contributed by atoms with E-state index in [-0.39, 0.29) is 17.0 Å². The predicted octanol–water partition coefficient (Wildman–Crippen LogP) is 5.08. The summed E-state index contributed by atoms with van der Waals surface area (Å²) in [6.07, 6.45) is 1.51. The molecule has 0 spiro atoms. The number of hydrazone groups is 1. The molecule has 1 atom stereocenters. The van der Waals surface area contributed by atoms with Gasteiger partial charge in [-0.25, -0.2) is 5.43 Å². The predicted molar refractivity (Wildman–Crippen MR) is 132 cm³/mol. The maximum atomic E-state index is 12.7. The number of hydrogen-bond donors (Lipinski definition) is 2. The zero-order valence-corrected chi connectivity index (χ0v) is 20.8. The third-order valence-electron chi connectivity index (χ3n) is 4.44. The highest BCUT2D eigenvalue weighted by molar-refractivity contribution is 6.42. The number of ether oxygens (including phenoxy) is 2. The van der Waals surface area contributed by atoms with Crippen LogP contribution in [0.4, 0.5) is 0 Å². The number of nitrogens with one attached hydrogen (secondary N) is 2. The summed E-state index contributed by atoms with van der Waals surface area (Å²) in [6.45, 7) is 9.90. The Balaban J connectivity index is 2.07. The van der Waals surface area contributed by atoms with Crippen molar-refractivity contribution in [3.8, 4) is 11.5 Å². The first-order valence-electron chi connectivity index (χ1n) is 10.6. The molecule has 0 fully saturated rings. The van der Waals surface area contributed by atoms with Gasteiger partial charge in [-0.05, 0) is 68.7 Å². The van der Waals surface area contributed by atoms with E-state index in [9.17, 15) is 9.59 Å². The fraction of sp³-hybridized carbons (Fsp3) is 0.375. The van der Waals surface area contributed by atoms with Crippen LogP contribution in [0, 0.1) is 5.92 Å². The van der Waals surface area contributed by atoms with Gasteiger partial charge >= 0.3 is 0 Å². The van der Waals surface area contributed by atoms with Crippen molar-refractivity contribution in [3.63, 3.8) is 0 Å². The molecule has 2 amide bonds. The van der Waals surface area contributed by atoms with E-state index in [1.165, 1.54) is 18.3 Å². The second-order valence-corrected chi connectivity index (χ2v) is 8.68. The van der Waals surface area contributed by atoms with Crippen molar-refractivity contribution < 1.29 is 19.1 Å². The summed E-state index contributed by atoms with van der Waals surface area (Å²) >= 11 is 11.9. The smallest absolute Gasteiger partial charge is 0.262 e.